The second-order valence-electron chi connectivity index (χ2n) is 4.81. The van der Waals surface area contributed by atoms with Gasteiger partial charge in [0.1, 0.15) is 11.5 Å². The van der Waals surface area contributed by atoms with Gasteiger partial charge in [0, 0.05) is 22.9 Å². The van der Waals surface area contributed by atoms with E-state index in [2.05, 4.69) is 4.98 Å². The average molecular weight is 277 g/mol. The number of ether oxygens (including phenoxy) is 1. The summed E-state index contributed by atoms with van der Waals surface area (Å²) >= 11 is 0. The van der Waals surface area contributed by atoms with Gasteiger partial charge < -0.3 is 9.72 Å². The van der Waals surface area contributed by atoms with E-state index in [9.17, 15) is 4.79 Å². The van der Waals surface area contributed by atoms with Crippen molar-refractivity contribution in [3.63, 3.8) is 0 Å². The number of hydrogen-bond acceptors (Lipinski definition) is 2. The fraction of sp³-hybridized carbons (Fsp3) is 0.0556. The van der Waals surface area contributed by atoms with Gasteiger partial charge in [0.25, 0.3) is 5.56 Å². The SMILES string of the molecule is Cc1cc(-c2ccccc2Oc2ccccc2)c[nH]c1=O. The van der Waals surface area contributed by atoms with Gasteiger partial charge >= 0.3 is 0 Å². The number of pyridine rings is 1. The fourth-order valence-electron chi connectivity index (χ4n) is 2.16. The molecule has 0 bridgehead atoms. The van der Waals surface area contributed by atoms with Crippen LogP contribution in [0.2, 0.25) is 0 Å². The molecule has 0 saturated heterocycles. The molecule has 0 aliphatic rings. The Bertz CT molecular complexity index is 807. The molecule has 1 aromatic heterocycles. The van der Waals surface area contributed by atoms with Gasteiger partial charge in [0.2, 0.25) is 0 Å². The van der Waals surface area contributed by atoms with Gasteiger partial charge in [-0.15, -0.1) is 0 Å². The van der Waals surface area contributed by atoms with Crippen LogP contribution in [0.4, 0.5) is 0 Å². The van der Waals surface area contributed by atoms with Gasteiger partial charge in [0.15, 0.2) is 0 Å². The molecule has 0 saturated carbocycles. The van der Waals surface area contributed by atoms with Crippen LogP contribution < -0.4 is 10.3 Å². The lowest BCUT2D eigenvalue weighted by molar-refractivity contribution is 0.484. The maximum absolute atomic E-state index is 11.5. The summed E-state index contributed by atoms with van der Waals surface area (Å²) in [5.74, 6) is 1.54. The van der Waals surface area contributed by atoms with Crippen molar-refractivity contribution < 1.29 is 4.74 Å². The van der Waals surface area contributed by atoms with Crippen molar-refractivity contribution in [3.8, 4) is 22.6 Å². The Morgan fingerprint density at radius 2 is 1.67 bits per heavy atom. The van der Waals surface area contributed by atoms with Crippen LogP contribution >= 0.6 is 0 Å². The van der Waals surface area contributed by atoms with E-state index in [1.807, 2.05) is 60.7 Å². The van der Waals surface area contributed by atoms with Crippen molar-refractivity contribution in [2.45, 2.75) is 6.92 Å². The highest BCUT2D eigenvalue weighted by Gasteiger charge is 2.08. The summed E-state index contributed by atoms with van der Waals surface area (Å²) in [4.78, 5) is 14.2. The average Bonchev–Trinajstić information content (AvgIpc) is 2.52. The van der Waals surface area contributed by atoms with Crippen LogP contribution in [0.15, 0.2) is 71.7 Å². The van der Waals surface area contributed by atoms with Crippen LogP contribution in [-0.4, -0.2) is 4.98 Å². The molecule has 0 aliphatic carbocycles. The molecular formula is C18H15NO2. The van der Waals surface area contributed by atoms with Crippen molar-refractivity contribution in [1.29, 1.82) is 0 Å². The van der Waals surface area contributed by atoms with Crippen molar-refractivity contribution in [3.05, 3.63) is 82.8 Å². The molecule has 1 heterocycles. The summed E-state index contributed by atoms with van der Waals surface area (Å²) in [5.41, 5.74) is 2.49. The monoisotopic (exact) mass is 277 g/mol. The number of aromatic amines is 1. The van der Waals surface area contributed by atoms with Gasteiger partial charge in [-0.05, 0) is 31.2 Å². The molecule has 0 radical (unpaired) electrons. The van der Waals surface area contributed by atoms with E-state index in [4.69, 9.17) is 4.74 Å². The van der Waals surface area contributed by atoms with E-state index in [0.29, 0.717) is 5.56 Å². The highest BCUT2D eigenvalue weighted by Crippen LogP contribution is 2.32. The largest absolute Gasteiger partial charge is 0.457 e. The summed E-state index contributed by atoms with van der Waals surface area (Å²) in [6.07, 6.45) is 1.71. The maximum Gasteiger partial charge on any atom is 0.250 e. The van der Waals surface area contributed by atoms with Crippen molar-refractivity contribution in [1.82, 2.24) is 4.98 Å². The number of para-hydroxylation sites is 2. The van der Waals surface area contributed by atoms with Crippen LogP contribution in [0.1, 0.15) is 5.56 Å². The first kappa shape index (κ1) is 13.2. The molecule has 2 aromatic carbocycles. The van der Waals surface area contributed by atoms with Gasteiger partial charge in [-0.25, -0.2) is 0 Å². The number of benzene rings is 2. The van der Waals surface area contributed by atoms with Crippen LogP contribution in [0.25, 0.3) is 11.1 Å². The zero-order chi connectivity index (χ0) is 14.7. The zero-order valence-electron chi connectivity index (χ0n) is 11.7. The molecule has 3 aromatic rings. The van der Waals surface area contributed by atoms with E-state index in [0.717, 1.165) is 22.6 Å². The molecule has 3 heteroatoms. The van der Waals surface area contributed by atoms with E-state index in [-0.39, 0.29) is 5.56 Å². The molecule has 21 heavy (non-hydrogen) atoms. The van der Waals surface area contributed by atoms with E-state index >= 15 is 0 Å². The smallest absolute Gasteiger partial charge is 0.250 e. The Kier molecular flexibility index (Phi) is 3.56. The highest BCUT2D eigenvalue weighted by atomic mass is 16.5. The molecular weight excluding hydrogens is 262 g/mol. The van der Waals surface area contributed by atoms with Gasteiger partial charge in [0.05, 0.1) is 0 Å². The summed E-state index contributed by atoms with van der Waals surface area (Å²) < 4.78 is 5.94. The van der Waals surface area contributed by atoms with Crippen molar-refractivity contribution in [2.24, 2.45) is 0 Å². The highest BCUT2D eigenvalue weighted by molar-refractivity contribution is 5.70. The lowest BCUT2D eigenvalue weighted by Gasteiger charge is -2.11. The topological polar surface area (TPSA) is 42.1 Å². The first-order chi connectivity index (χ1) is 10.2. The summed E-state index contributed by atoms with van der Waals surface area (Å²) in [6, 6.07) is 19.3. The zero-order valence-corrected chi connectivity index (χ0v) is 11.7. The number of aryl methyl sites for hydroxylation is 1. The minimum absolute atomic E-state index is 0.0693. The molecule has 0 unspecified atom stereocenters. The normalized spacial score (nSPS) is 10.3. The third-order valence-electron chi connectivity index (χ3n) is 3.26. The molecule has 0 spiro atoms. The Hall–Kier alpha value is -2.81. The third-order valence-corrected chi connectivity index (χ3v) is 3.26. The van der Waals surface area contributed by atoms with Crippen LogP contribution in [-0.2, 0) is 0 Å². The first-order valence-electron chi connectivity index (χ1n) is 6.76. The predicted molar refractivity (Wildman–Crippen MR) is 83.8 cm³/mol. The number of H-pyrrole nitrogens is 1. The molecule has 0 amide bonds. The number of rotatable bonds is 3. The summed E-state index contributed by atoms with van der Waals surface area (Å²) in [7, 11) is 0. The molecule has 3 nitrogen and oxygen atoms in total. The number of nitrogens with one attached hydrogen (secondary N) is 1. The standard InChI is InChI=1S/C18H15NO2/c1-13-11-14(12-19-18(13)20)16-9-5-6-10-17(16)21-15-7-3-2-4-8-15/h2-12H,1H3,(H,19,20). The first-order valence-corrected chi connectivity index (χ1v) is 6.76. The van der Waals surface area contributed by atoms with Crippen LogP contribution in [0.3, 0.4) is 0 Å². The van der Waals surface area contributed by atoms with Gasteiger partial charge in [-0.2, -0.15) is 0 Å². The molecule has 3 rings (SSSR count). The second kappa shape index (κ2) is 5.67. The van der Waals surface area contributed by atoms with Crippen molar-refractivity contribution in [2.75, 3.05) is 0 Å². The quantitative estimate of drug-likeness (QED) is 0.781. The lowest BCUT2D eigenvalue weighted by Crippen LogP contribution is -2.08. The Labute approximate surface area is 122 Å². The van der Waals surface area contributed by atoms with E-state index < -0.39 is 0 Å². The van der Waals surface area contributed by atoms with Gasteiger partial charge in [-0.1, -0.05) is 36.4 Å². The third kappa shape index (κ3) is 2.87. The molecule has 1 N–H and O–H groups in total. The van der Waals surface area contributed by atoms with E-state index in [1.54, 1.807) is 13.1 Å². The van der Waals surface area contributed by atoms with Gasteiger partial charge in [-0.3, -0.25) is 4.79 Å². The Balaban J connectivity index is 2.03. The second-order valence-corrected chi connectivity index (χ2v) is 4.81. The molecule has 104 valence electrons. The number of aromatic nitrogens is 1. The maximum atomic E-state index is 11.5. The minimum atomic E-state index is -0.0693. The fourth-order valence-corrected chi connectivity index (χ4v) is 2.16. The molecule has 0 fully saturated rings. The lowest BCUT2D eigenvalue weighted by atomic mass is 10.1. The van der Waals surface area contributed by atoms with Crippen LogP contribution in [0, 0.1) is 6.92 Å². The Morgan fingerprint density at radius 1 is 0.952 bits per heavy atom. The Morgan fingerprint density at radius 3 is 2.43 bits per heavy atom. The molecule has 0 aliphatic heterocycles. The predicted octanol–water partition coefficient (Wildman–Crippen LogP) is 4.14. The van der Waals surface area contributed by atoms with E-state index in [1.165, 1.54) is 0 Å². The number of hydrogen-bond donors (Lipinski definition) is 1. The summed E-state index contributed by atoms with van der Waals surface area (Å²) in [6.45, 7) is 1.79. The van der Waals surface area contributed by atoms with Crippen molar-refractivity contribution >= 4 is 0 Å². The van der Waals surface area contributed by atoms with Crippen LogP contribution in [0.5, 0.6) is 11.5 Å². The minimum Gasteiger partial charge on any atom is -0.457 e. The summed E-state index contributed by atoms with van der Waals surface area (Å²) in [5, 5.41) is 0. The molecule has 0 atom stereocenters.